The normalized spacial score (nSPS) is 14.1. The summed E-state index contributed by atoms with van der Waals surface area (Å²) in [5.74, 6) is 0. The molecule has 0 aliphatic carbocycles. The van der Waals surface area contributed by atoms with E-state index in [4.69, 9.17) is 4.74 Å². The monoisotopic (exact) mass is 229 g/mol. The molecule has 0 aromatic heterocycles. The molecule has 0 radical (unpaired) electrons. The molecule has 0 fully saturated rings. The number of ether oxygens (including phenoxy) is 1. The molecule has 0 aliphatic rings. The van der Waals surface area contributed by atoms with Crippen LogP contribution in [0.15, 0.2) is 0 Å². The first-order chi connectivity index (χ1) is 7.49. The highest BCUT2D eigenvalue weighted by atomic mass is 16.5. The molecule has 0 bridgehead atoms. The molecule has 1 atom stereocenters. The Balaban J connectivity index is 3.41. The fourth-order valence-electron chi connectivity index (χ4n) is 1.73. The number of hydrogen-bond donors (Lipinski definition) is 1. The van der Waals surface area contributed by atoms with Gasteiger partial charge in [-0.2, -0.15) is 0 Å². The third kappa shape index (κ3) is 10.4. The van der Waals surface area contributed by atoms with Crippen molar-refractivity contribution >= 4 is 0 Å². The van der Waals surface area contributed by atoms with E-state index in [1.165, 1.54) is 32.1 Å². The van der Waals surface area contributed by atoms with Crippen molar-refractivity contribution in [2.75, 3.05) is 20.2 Å². The smallest absolute Gasteiger partial charge is 0.0571 e. The molecule has 1 N–H and O–H groups in total. The van der Waals surface area contributed by atoms with Crippen LogP contribution in [-0.2, 0) is 4.74 Å². The molecule has 2 heteroatoms. The van der Waals surface area contributed by atoms with Gasteiger partial charge in [-0.05, 0) is 37.8 Å². The summed E-state index contributed by atoms with van der Waals surface area (Å²) in [6, 6.07) is 0. The van der Waals surface area contributed by atoms with E-state index in [-0.39, 0.29) is 0 Å². The summed E-state index contributed by atoms with van der Waals surface area (Å²) in [7, 11) is 1.84. The summed E-state index contributed by atoms with van der Waals surface area (Å²) in [6.45, 7) is 11.2. The molecule has 0 unspecified atom stereocenters. The predicted molar refractivity (Wildman–Crippen MR) is 71.9 cm³/mol. The molecule has 0 aromatic carbocycles. The number of methoxy groups -OCH3 is 1. The first-order valence-electron chi connectivity index (χ1n) is 6.73. The molecule has 0 saturated carbocycles. The van der Waals surface area contributed by atoms with Gasteiger partial charge in [-0.1, -0.05) is 40.5 Å². The van der Waals surface area contributed by atoms with Crippen LogP contribution >= 0.6 is 0 Å². The van der Waals surface area contributed by atoms with E-state index in [2.05, 4.69) is 33.0 Å². The summed E-state index contributed by atoms with van der Waals surface area (Å²) in [5, 5.41) is 3.51. The summed E-state index contributed by atoms with van der Waals surface area (Å²) in [4.78, 5) is 0. The lowest BCUT2D eigenvalue weighted by Crippen LogP contribution is -2.28. The third-order valence-electron chi connectivity index (χ3n) is 2.75. The van der Waals surface area contributed by atoms with Crippen LogP contribution in [0.2, 0.25) is 0 Å². The minimum atomic E-state index is 0.392. The second kappa shape index (κ2) is 9.00. The first kappa shape index (κ1) is 15.9. The molecule has 0 saturated heterocycles. The molecule has 0 heterocycles. The van der Waals surface area contributed by atoms with Gasteiger partial charge in [0.15, 0.2) is 0 Å². The van der Waals surface area contributed by atoms with Crippen molar-refractivity contribution in [1.82, 2.24) is 5.32 Å². The summed E-state index contributed by atoms with van der Waals surface area (Å²) in [5.41, 5.74) is 0.392. The Morgan fingerprint density at radius 2 is 1.75 bits per heavy atom. The first-order valence-corrected chi connectivity index (χ1v) is 6.73. The average Bonchev–Trinajstić information content (AvgIpc) is 2.20. The van der Waals surface area contributed by atoms with Gasteiger partial charge in [0.05, 0.1) is 6.10 Å². The Labute approximate surface area is 102 Å². The summed E-state index contributed by atoms with van der Waals surface area (Å²) >= 11 is 0. The molecule has 0 aromatic rings. The lowest BCUT2D eigenvalue weighted by molar-refractivity contribution is 0.0842. The topological polar surface area (TPSA) is 21.3 Å². The summed E-state index contributed by atoms with van der Waals surface area (Å²) in [6.07, 6.45) is 6.64. The lowest BCUT2D eigenvalue weighted by Gasteiger charge is -2.19. The fourth-order valence-corrected chi connectivity index (χ4v) is 1.73. The van der Waals surface area contributed by atoms with Crippen LogP contribution in [0.5, 0.6) is 0 Å². The van der Waals surface area contributed by atoms with Gasteiger partial charge in [-0.25, -0.2) is 0 Å². The van der Waals surface area contributed by atoms with Crippen LogP contribution in [0.1, 0.15) is 59.8 Å². The van der Waals surface area contributed by atoms with E-state index in [0.717, 1.165) is 13.1 Å². The zero-order valence-corrected chi connectivity index (χ0v) is 11.9. The van der Waals surface area contributed by atoms with Crippen molar-refractivity contribution < 1.29 is 4.74 Å². The van der Waals surface area contributed by atoms with E-state index >= 15 is 0 Å². The highest BCUT2D eigenvalue weighted by Crippen LogP contribution is 2.11. The van der Waals surface area contributed by atoms with E-state index in [9.17, 15) is 0 Å². The average molecular weight is 229 g/mol. The minimum absolute atomic E-state index is 0.392. The van der Waals surface area contributed by atoms with Crippen LogP contribution < -0.4 is 5.32 Å². The molecular weight excluding hydrogens is 198 g/mol. The van der Waals surface area contributed by atoms with Gasteiger partial charge < -0.3 is 10.1 Å². The molecule has 98 valence electrons. The lowest BCUT2D eigenvalue weighted by atomic mass is 9.97. The van der Waals surface area contributed by atoms with E-state index < -0.39 is 0 Å². The number of rotatable bonds is 9. The summed E-state index contributed by atoms with van der Waals surface area (Å²) < 4.78 is 5.47. The van der Waals surface area contributed by atoms with Crippen LogP contribution in [0.4, 0.5) is 0 Å². The van der Waals surface area contributed by atoms with Gasteiger partial charge in [0.2, 0.25) is 0 Å². The zero-order valence-electron chi connectivity index (χ0n) is 11.9. The quantitative estimate of drug-likeness (QED) is 0.610. The van der Waals surface area contributed by atoms with Gasteiger partial charge in [0.1, 0.15) is 0 Å². The van der Waals surface area contributed by atoms with Crippen molar-refractivity contribution in [1.29, 1.82) is 0 Å². The van der Waals surface area contributed by atoms with Gasteiger partial charge in [-0.3, -0.25) is 0 Å². The molecule has 0 aliphatic heterocycles. The van der Waals surface area contributed by atoms with Crippen molar-refractivity contribution in [3.8, 4) is 0 Å². The Bertz CT molecular complexity index is 151. The standard InChI is InChI=1S/C14H31NO/c1-6-7-9-13(16-5)10-8-11-15-12-14(2,3)4/h13,15H,6-12H2,1-5H3/t13-/m1/s1. The Kier molecular flexibility index (Phi) is 8.96. The molecular formula is C14H31NO. The molecule has 16 heavy (non-hydrogen) atoms. The van der Waals surface area contributed by atoms with Gasteiger partial charge in [-0.15, -0.1) is 0 Å². The second-order valence-corrected chi connectivity index (χ2v) is 5.88. The molecule has 0 amide bonds. The van der Waals surface area contributed by atoms with Crippen molar-refractivity contribution in [3.63, 3.8) is 0 Å². The Morgan fingerprint density at radius 3 is 2.25 bits per heavy atom. The second-order valence-electron chi connectivity index (χ2n) is 5.88. The van der Waals surface area contributed by atoms with Crippen LogP contribution in [0.25, 0.3) is 0 Å². The maximum Gasteiger partial charge on any atom is 0.0571 e. The molecule has 0 rings (SSSR count). The van der Waals surface area contributed by atoms with Gasteiger partial charge in [0.25, 0.3) is 0 Å². The SMILES string of the molecule is CCCC[C@H](CCCNCC(C)(C)C)OC. The van der Waals surface area contributed by atoms with Crippen molar-refractivity contribution in [2.24, 2.45) is 5.41 Å². The highest BCUT2D eigenvalue weighted by molar-refractivity contribution is 4.65. The Morgan fingerprint density at radius 1 is 1.12 bits per heavy atom. The molecule has 0 spiro atoms. The number of unbranched alkanes of at least 4 members (excludes halogenated alkanes) is 1. The van der Waals surface area contributed by atoms with Crippen LogP contribution in [0.3, 0.4) is 0 Å². The largest absolute Gasteiger partial charge is 0.381 e. The van der Waals surface area contributed by atoms with Crippen molar-refractivity contribution in [2.45, 2.75) is 65.9 Å². The van der Waals surface area contributed by atoms with Crippen LogP contribution in [0, 0.1) is 5.41 Å². The maximum atomic E-state index is 5.47. The number of nitrogens with one attached hydrogen (secondary N) is 1. The maximum absolute atomic E-state index is 5.47. The fraction of sp³-hybridized carbons (Fsp3) is 1.00. The van der Waals surface area contributed by atoms with E-state index in [1.54, 1.807) is 0 Å². The van der Waals surface area contributed by atoms with E-state index in [0.29, 0.717) is 11.5 Å². The molecule has 2 nitrogen and oxygen atoms in total. The third-order valence-corrected chi connectivity index (χ3v) is 2.75. The van der Waals surface area contributed by atoms with Gasteiger partial charge in [0, 0.05) is 7.11 Å². The zero-order chi connectivity index (χ0) is 12.4. The minimum Gasteiger partial charge on any atom is -0.381 e. The van der Waals surface area contributed by atoms with E-state index in [1.807, 2.05) is 7.11 Å². The highest BCUT2D eigenvalue weighted by Gasteiger charge is 2.09. The van der Waals surface area contributed by atoms with Crippen LogP contribution in [-0.4, -0.2) is 26.3 Å². The van der Waals surface area contributed by atoms with Crippen molar-refractivity contribution in [3.05, 3.63) is 0 Å². The van der Waals surface area contributed by atoms with Gasteiger partial charge >= 0.3 is 0 Å². The Hall–Kier alpha value is -0.0800. The number of hydrogen-bond acceptors (Lipinski definition) is 2. The predicted octanol–water partition coefficient (Wildman–Crippen LogP) is 3.61.